The van der Waals surface area contributed by atoms with Crippen molar-refractivity contribution < 1.29 is 0 Å². The van der Waals surface area contributed by atoms with Crippen LogP contribution in [0.3, 0.4) is 0 Å². The van der Waals surface area contributed by atoms with Gasteiger partial charge < -0.3 is 14.8 Å². The van der Waals surface area contributed by atoms with Crippen molar-refractivity contribution in [2.75, 3.05) is 0 Å². The summed E-state index contributed by atoms with van der Waals surface area (Å²) in [5.74, 6) is 0. The number of hydrogen-bond donors (Lipinski definition) is 1. The molecule has 2 aliphatic rings. The van der Waals surface area contributed by atoms with Gasteiger partial charge in [0.05, 0.1) is 17.8 Å². The molecule has 0 amide bonds. The van der Waals surface area contributed by atoms with Crippen molar-refractivity contribution >= 4 is 17.3 Å². The highest BCUT2D eigenvalue weighted by Crippen LogP contribution is 2.43. The Morgan fingerprint density at radius 3 is 2.63 bits per heavy atom. The Labute approximate surface area is 183 Å². The minimum Gasteiger partial charge on any atom is -0.352 e. The summed E-state index contributed by atoms with van der Waals surface area (Å²) in [6, 6.07) is 19.9. The zero-order valence-corrected chi connectivity index (χ0v) is 18.2. The first-order valence-electron chi connectivity index (χ1n) is 11.0. The summed E-state index contributed by atoms with van der Waals surface area (Å²) >= 11 is 5.91. The number of aryl methyl sites for hydroxylation is 1. The number of pyridine rings is 1. The Kier molecular flexibility index (Phi) is 5.30. The van der Waals surface area contributed by atoms with Crippen LogP contribution in [0.5, 0.6) is 0 Å². The minimum absolute atomic E-state index is 0.0408. The maximum Gasteiger partial charge on any atom is 0.170 e. The number of thiocarbonyl (C=S) groups is 1. The summed E-state index contributed by atoms with van der Waals surface area (Å²) < 4.78 is 2.32. The molecular weight excluding hydrogens is 388 g/mol. The third-order valence-corrected chi connectivity index (χ3v) is 6.80. The van der Waals surface area contributed by atoms with E-state index in [0.717, 1.165) is 10.8 Å². The summed E-state index contributed by atoms with van der Waals surface area (Å²) in [4.78, 5) is 7.17. The lowest BCUT2D eigenvalue weighted by Gasteiger charge is -2.37. The number of aromatic nitrogens is 2. The lowest BCUT2D eigenvalue weighted by Crippen LogP contribution is -2.40. The van der Waals surface area contributed by atoms with Crippen LogP contribution in [0.4, 0.5) is 0 Å². The Balaban J connectivity index is 1.61. The largest absolute Gasteiger partial charge is 0.352 e. The molecule has 5 rings (SSSR count). The van der Waals surface area contributed by atoms with Crippen LogP contribution in [0.2, 0.25) is 0 Å². The molecule has 3 aromatic rings. The summed E-state index contributed by atoms with van der Waals surface area (Å²) in [6.45, 7) is 2.14. The van der Waals surface area contributed by atoms with E-state index in [1.54, 1.807) is 0 Å². The van der Waals surface area contributed by atoms with Crippen LogP contribution in [0.15, 0.2) is 67.0 Å². The molecule has 30 heavy (non-hydrogen) atoms. The fourth-order valence-corrected chi connectivity index (χ4v) is 5.47. The van der Waals surface area contributed by atoms with Gasteiger partial charge in [-0.1, -0.05) is 37.5 Å². The third-order valence-electron chi connectivity index (χ3n) is 6.47. The van der Waals surface area contributed by atoms with Crippen LogP contribution < -0.4 is 5.32 Å². The van der Waals surface area contributed by atoms with Crippen molar-refractivity contribution in [3.63, 3.8) is 0 Å². The predicted octanol–water partition coefficient (Wildman–Crippen LogP) is 5.49. The molecule has 2 aromatic heterocycles. The summed E-state index contributed by atoms with van der Waals surface area (Å²) in [6.07, 6.45) is 10.3. The Hall–Kier alpha value is -2.66. The Morgan fingerprint density at radius 2 is 1.87 bits per heavy atom. The lowest BCUT2D eigenvalue weighted by molar-refractivity contribution is 0.193. The standard InChI is InChI=1S/C25H28N4S/c1-18-9-7-12-20(17-18)28-16-8-14-22(28)24-23(21-13-5-6-15-26-21)27-25(30)29(24)19-10-3-2-4-11-19/h5-9,12-17,19,23-24H,2-4,10-11H2,1H3,(H,27,30)/t23-,24-/m1/s1. The van der Waals surface area contributed by atoms with E-state index in [1.165, 1.54) is 49.0 Å². The second-order valence-electron chi connectivity index (χ2n) is 8.47. The van der Waals surface area contributed by atoms with Gasteiger partial charge in [0.15, 0.2) is 5.11 Å². The van der Waals surface area contributed by atoms with E-state index in [0.29, 0.717) is 6.04 Å². The number of rotatable bonds is 4. The van der Waals surface area contributed by atoms with E-state index in [2.05, 4.69) is 76.4 Å². The normalized spacial score (nSPS) is 22.3. The molecule has 1 aliphatic carbocycles. The molecular formula is C25H28N4S. The molecule has 2 atom stereocenters. The van der Waals surface area contributed by atoms with Crippen LogP contribution >= 0.6 is 12.2 Å². The fraction of sp³-hybridized carbons (Fsp3) is 0.360. The van der Waals surface area contributed by atoms with Crippen LogP contribution in [0.1, 0.15) is 61.1 Å². The molecule has 0 radical (unpaired) electrons. The lowest BCUT2D eigenvalue weighted by atomic mass is 9.92. The number of benzene rings is 1. The second-order valence-corrected chi connectivity index (χ2v) is 8.85. The monoisotopic (exact) mass is 416 g/mol. The molecule has 2 fully saturated rings. The maximum atomic E-state index is 5.91. The van der Waals surface area contributed by atoms with Crippen LogP contribution in [-0.4, -0.2) is 25.6 Å². The predicted molar refractivity (Wildman–Crippen MR) is 125 cm³/mol. The van der Waals surface area contributed by atoms with Gasteiger partial charge >= 0.3 is 0 Å². The zero-order chi connectivity index (χ0) is 20.5. The summed E-state index contributed by atoms with van der Waals surface area (Å²) in [5.41, 5.74) is 4.75. The first-order valence-corrected chi connectivity index (χ1v) is 11.4. The molecule has 0 spiro atoms. The zero-order valence-electron chi connectivity index (χ0n) is 17.4. The molecule has 3 heterocycles. The molecule has 1 aromatic carbocycles. The van der Waals surface area contributed by atoms with Gasteiger partial charge in [0.2, 0.25) is 0 Å². The van der Waals surface area contributed by atoms with Crippen LogP contribution in [0, 0.1) is 6.92 Å². The van der Waals surface area contributed by atoms with Crippen molar-refractivity contribution in [2.24, 2.45) is 0 Å². The number of nitrogens with one attached hydrogen (secondary N) is 1. The topological polar surface area (TPSA) is 33.1 Å². The molecule has 154 valence electrons. The van der Waals surface area contributed by atoms with Crippen molar-refractivity contribution in [3.05, 3.63) is 83.9 Å². The van der Waals surface area contributed by atoms with Crippen molar-refractivity contribution in [2.45, 2.75) is 57.2 Å². The second kappa shape index (κ2) is 8.23. The highest BCUT2D eigenvalue weighted by atomic mass is 32.1. The maximum absolute atomic E-state index is 5.91. The molecule has 1 N–H and O–H groups in total. The van der Waals surface area contributed by atoms with Crippen molar-refractivity contribution in [3.8, 4) is 5.69 Å². The molecule has 0 unspecified atom stereocenters. The molecule has 0 bridgehead atoms. The molecule has 1 saturated heterocycles. The SMILES string of the molecule is Cc1cccc(-n2cccc2[C@@H]2[C@@H](c3ccccn3)NC(=S)N2C2CCCCC2)c1. The van der Waals surface area contributed by atoms with Gasteiger partial charge in [-0.25, -0.2) is 0 Å². The number of nitrogens with zero attached hydrogens (tertiary/aromatic N) is 3. The van der Waals surface area contributed by atoms with Gasteiger partial charge in [0.1, 0.15) is 0 Å². The molecule has 4 nitrogen and oxygen atoms in total. The van der Waals surface area contributed by atoms with Crippen molar-refractivity contribution in [1.29, 1.82) is 0 Å². The quantitative estimate of drug-likeness (QED) is 0.571. The summed E-state index contributed by atoms with van der Waals surface area (Å²) in [5, 5.41) is 4.49. The van der Waals surface area contributed by atoms with Gasteiger partial charge in [-0.05, 0) is 73.9 Å². The molecule has 5 heteroatoms. The molecule has 1 aliphatic heterocycles. The van der Waals surface area contributed by atoms with Gasteiger partial charge in [0.25, 0.3) is 0 Å². The number of hydrogen-bond acceptors (Lipinski definition) is 2. The average molecular weight is 417 g/mol. The van der Waals surface area contributed by atoms with Gasteiger partial charge in [-0.15, -0.1) is 0 Å². The van der Waals surface area contributed by atoms with E-state index in [9.17, 15) is 0 Å². The third kappa shape index (κ3) is 3.52. The fourth-order valence-electron chi connectivity index (χ4n) is 5.08. The Morgan fingerprint density at radius 1 is 1.00 bits per heavy atom. The molecule has 1 saturated carbocycles. The van der Waals surface area contributed by atoms with E-state index in [4.69, 9.17) is 17.2 Å². The van der Waals surface area contributed by atoms with Gasteiger partial charge in [-0.3, -0.25) is 4.98 Å². The van der Waals surface area contributed by atoms with E-state index in [1.807, 2.05) is 12.3 Å². The highest BCUT2D eigenvalue weighted by Gasteiger charge is 2.44. The van der Waals surface area contributed by atoms with Gasteiger partial charge in [-0.2, -0.15) is 0 Å². The van der Waals surface area contributed by atoms with Gasteiger partial charge in [0, 0.05) is 29.8 Å². The summed E-state index contributed by atoms with van der Waals surface area (Å²) in [7, 11) is 0. The average Bonchev–Trinajstić information content (AvgIpc) is 3.39. The minimum atomic E-state index is 0.0408. The van der Waals surface area contributed by atoms with Crippen LogP contribution in [0.25, 0.3) is 5.69 Å². The van der Waals surface area contributed by atoms with E-state index < -0.39 is 0 Å². The highest BCUT2D eigenvalue weighted by molar-refractivity contribution is 7.80. The first kappa shape index (κ1) is 19.3. The smallest absolute Gasteiger partial charge is 0.170 e. The van der Waals surface area contributed by atoms with Crippen molar-refractivity contribution in [1.82, 2.24) is 19.8 Å². The van der Waals surface area contributed by atoms with Crippen LogP contribution in [-0.2, 0) is 0 Å². The first-order chi connectivity index (χ1) is 14.7. The Bertz CT molecular complexity index is 1020. The van der Waals surface area contributed by atoms with E-state index in [-0.39, 0.29) is 12.1 Å². The van der Waals surface area contributed by atoms with E-state index >= 15 is 0 Å².